The lowest BCUT2D eigenvalue weighted by Crippen LogP contribution is -2.17. The highest BCUT2D eigenvalue weighted by Crippen LogP contribution is 2.42. The Balaban J connectivity index is 2.95. The molecule has 0 heterocycles. The first kappa shape index (κ1) is 22.6. The number of phenolic OH excluding ortho intramolecular Hbond substituents is 1. The molecule has 0 fully saturated rings. The van der Waals surface area contributed by atoms with E-state index in [4.69, 9.17) is 4.74 Å². The van der Waals surface area contributed by atoms with E-state index in [0.29, 0.717) is 25.2 Å². The van der Waals surface area contributed by atoms with Crippen molar-refractivity contribution in [2.45, 2.75) is 83.5 Å². The third-order valence-electron chi connectivity index (χ3n) is 4.00. The van der Waals surface area contributed by atoms with Crippen LogP contribution < -0.4 is 0 Å². The molecular formula is C21H32O4S. The van der Waals surface area contributed by atoms with Crippen molar-refractivity contribution in [3.63, 3.8) is 0 Å². The zero-order valence-corrected chi connectivity index (χ0v) is 17.9. The summed E-state index contributed by atoms with van der Waals surface area (Å²) in [6.45, 7) is 14.4. The second-order valence-corrected chi connectivity index (χ2v) is 9.63. The molecule has 0 saturated heterocycles. The van der Waals surface area contributed by atoms with Crippen LogP contribution in [0.4, 0.5) is 0 Å². The third kappa shape index (κ3) is 6.67. The molecule has 0 aliphatic carbocycles. The van der Waals surface area contributed by atoms with Gasteiger partial charge in [-0.25, -0.2) is 0 Å². The molecule has 1 aromatic rings. The molecule has 1 aromatic carbocycles. The number of esters is 1. The largest absolute Gasteiger partial charge is 0.507 e. The lowest BCUT2D eigenvalue weighted by molar-refractivity contribution is -0.143. The second-order valence-electron chi connectivity index (χ2n) is 8.50. The number of hydrogen-bond acceptors (Lipinski definition) is 5. The lowest BCUT2D eigenvalue weighted by atomic mass is 9.79. The van der Waals surface area contributed by atoms with Crippen molar-refractivity contribution < 1.29 is 19.4 Å². The van der Waals surface area contributed by atoms with Crippen LogP contribution in [0.1, 0.15) is 78.9 Å². The van der Waals surface area contributed by atoms with Gasteiger partial charge in [0.1, 0.15) is 5.75 Å². The Labute approximate surface area is 161 Å². The summed E-state index contributed by atoms with van der Waals surface area (Å²) in [6, 6.07) is 3.80. The van der Waals surface area contributed by atoms with Crippen molar-refractivity contribution in [1.29, 1.82) is 0 Å². The van der Waals surface area contributed by atoms with Gasteiger partial charge in [-0.15, -0.1) is 0 Å². The van der Waals surface area contributed by atoms with Gasteiger partial charge in [-0.1, -0.05) is 53.3 Å². The summed E-state index contributed by atoms with van der Waals surface area (Å²) in [5.74, 6) is 0.0454. The molecule has 0 unspecified atom stereocenters. The van der Waals surface area contributed by atoms with E-state index in [-0.39, 0.29) is 28.3 Å². The first-order valence-electron chi connectivity index (χ1n) is 9.10. The van der Waals surface area contributed by atoms with Crippen LogP contribution in [0.2, 0.25) is 0 Å². The summed E-state index contributed by atoms with van der Waals surface area (Å²) in [6.07, 6.45) is 1.07. The van der Waals surface area contributed by atoms with Gasteiger partial charge in [0.05, 0.1) is 6.61 Å². The molecule has 0 aliphatic heterocycles. The molecule has 0 aliphatic rings. The molecular weight excluding hydrogens is 348 g/mol. The maximum absolute atomic E-state index is 12.3. The molecule has 5 heteroatoms. The molecule has 0 spiro atoms. The van der Waals surface area contributed by atoms with Crippen LogP contribution in [-0.2, 0) is 25.2 Å². The number of thioether (sulfide) groups is 1. The van der Waals surface area contributed by atoms with Crippen LogP contribution in [0, 0.1) is 0 Å². The Bertz CT molecular complexity index is 616. The predicted molar refractivity (Wildman–Crippen MR) is 107 cm³/mol. The molecule has 146 valence electrons. The average molecular weight is 381 g/mol. The normalized spacial score (nSPS) is 12.1. The van der Waals surface area contributed by atoms with Gasteiger partial charge in [0.15, 0.2) is 5.12 Å². The number of carbonyl (C=O) groups is 2. The number of phenols is 1. The van der Waals surface area contributed by atoms with Gasteiger partial charge in [-0.05, 0) is 36.3 Å². The fourth-order valence-corrected chi connectivity index (χ4v) is 3.47. The maximum atomic E-state index is 12.3. The van der Waals surface area contributed by atoms with Gasteiger partial charge in [0, 0.05) is 28.9 Å². The van der Waals surface area contributed by atoms with Gasteiger partial charge >= 0.3 is 5.97 Å². The minimum absolute atomic E-state index is 0.0136. The molecule has 0 bridgehead atoms. The topological polar surface area (TPSA) is 63.6 Å². The quantitative estimate of drug-likeness (QED) is 0.533. The Morgan fingerprint density at radius 3 is 1.92 bits per heavy atom. The summed E-state index contributed by atoms with van der Waals surface area (Å²) < 4.78 is 4.88. The summed E-state index contributed by atoms with van der Waals surface area (Å²) in [5, 5.41) is 10.7. The molecule has 1 N–H and O–H groups in total. The molecule has 0 atom stereocenters. The van der Waals surface area contributed by atoms with Crippen molar-refractivity contribution in [3.05, 3.63) is 23.3 Å². The van der Waals surface area contributed by atoms with E-state index in [1.165, 1.54) is 11.8 Å². The lowest BCUT2D eigenvalue weighted by Gasteiger charge is -2.28. The second kappa shape index (κ2) is 8.94. The number of aromatic hydroxyl groups is 1. The molecule has 26 heavy (non-hydrogen) atoms. The van der Waals surface area contributed by atoms with E-state index < -0.39 is 0 Å². The van der Waals surface area contributed by atoms with Gasteiger partial charge in [0.25, 0.3) is 0 Å². The maximum Gasteiger partial charge on any atom is 0.305 e. The van der Waals surface area contributed by atoms with Crippen LogP contribution in [0.3, 0.4) is 0 Å². The number of benzene rings is 1. The van der Waals surface area contributed by atoms with Crippen LogP contribution in [0.15, 0.2) is 17.0 Å². The van der Waals surface area contributed by atoms with Gasteiger partial charge in [-0.2, -0.15) is 0 Å². The van der Waals surface area contributed by atoms with Crippen LogP contribution in [0.5, 0.6) is 5.75 Å². The van der Waals surface area contributed by atoms with Crippen molar-refractivity contribution in [2.75, 3.05) is 6.61 Å². The number of hydrogen-bond donors (Lipinski definition) is 1. The monoisotopic (exact) mass is 380 g/mol. The van der Waals surface area contributed by atoms with Crippen molar-refractivity contribution in [2.24, 2.45) is 0 Å². The van der Waals surface area contributed by atoms with E-state index in [9.17, 15) is 14.7 Å². The molecule has 4 nitrogen and oxygen atoms in total. The van der Waals surface area contributed by atoms with Crippen molar-refractivity contribution in [3.8, 4) is 5.75 Å². The van der Waals surface area contributed by atoms with E-state index in [2.05, 4.69) is 0 Å². The van der Waals surface area contributed by atoms with Crippen molar-refractivity contribution >= 4 is 22.8 Å². The fourth-order valence-electron chi connectivity index (χ4n) is 2.60. The van der Waals surface area contributed by atoms with Gasteiger partial charge in [-0.3, -0.25) is 9.59 Å². The molecule has 0 saturated carbocycles. The van der Waals surface area contributed by atoms with Crippen LogP contribution in [-0.4, -0.2) is 22.8 Å². The minimum Gasteiger partial charge on any atom is -0.507 e. The van der Waals surface area contributed by atoms with E-state index >= 15 is 0 Å². The van der Waals surface area contributed by atoms with Crippen LogP contribution in [0.25, 0.3) is 0 Å². The highest BCUT2D eigenvalue weighted by Gasteiger charge is 2.27. The highest BCUT2D eigenvalue weighted by molar-refractivity contribution is 8.13. The fraction of sp³-hybridized carbons (Fsp3) is 0.619. The number of carbonyl (C=O) groups excluding carboxylic acids is 2. The molecule has 0 amide bonds. The highest BCUT2D eigenvalue weighted by atomic mass is 32.2. The zero-order chi connectivity index (χ0) is 20.1. The Morgan fingerprint density at radius 2 is 1.50 bits per heavy atom. The standard InChI is InChI=1S/C21H32O4S/c1-8-25-17(22)10-9-11-18(23)26-14-12-15(20(2,3)4)19(24)16(13-14)21(5,6)7/h12-13,24H,8-11H2,1-7H3. The molecule has 0 radical (unpaired) electrons. The average Bonchev–Trinajstić information content (AvgIpc) is 2.46. The van der Waals surface area contributed by atoms with Gasteiger partial charge in [0.2, 0.25) is 0 Å². The smallest absolute Gasteiger partial charge is 0.305 e. The molecule has 1 rings (SSSR count). The number of ether oxygens (including phenoxy) is 1. The first-order valence-corrected chi connectivity index (χ1v) is 9.92. The van der Waals surface area contributed by atoms with E-state index in [1.54, 1.807) is 6.92 Å². The first-order chi connectivity index (χ1) is 11.9. The predicted octanol–water partition coefficient (Wildman–Crippen LogP) is 5.34. The van der Waals surface area contributed by atoms with Crippen molar-refractivity contribution in [1.82, 2.24) is 0 Å². The summed E-state index contributed by atoms with van der Waals surface area (Å²) >= 11 is 1.18. The Hall–Kier alpha value is -1.49. The minimum atomic E-state index is -0.264. The molecule has 0 aromatic heterocycles. The Kier molecular flexibility index (Phi) is 7.75. The zero-order valence-electron chi connectivity index (χ0n) is 17.1. The third-order valence-corrected chi connectivity index (χ3v) is 4.90. The van der Waals surface area contributed by atoms with E-state index in [0.717, 1.165) is 16.0 Å². The van der Waals surface area contributed by atoms with E-state index in [1.807, 2.05) is 53.7 Å². The van der Waals surface area contributed by atoms with Gasteiger partial charge < -0.3 is 9.84 Å². The van der Waals surface area contributed by atoms with Crippen LogP contribution >= 0.6 is 11.8 Å². The SMILES string of the molecule is CCOC(=O)CCCC(=O)Sc1cc(C(C)(C)C)c(O)c(C(C)(C)C)c1. The summed E-state index contributed by atoms with van der Waals surface area (Å²) in [7, 11) is 0. The Morgan fingerprint density at radius 1 is 1.00 bits per heavy atom. The number of rotatable bonds is 6. The summed E-state index contributed by atoms with van der Waals surface area (Å²) in [4.78, 5) is 24.5. The summed E-state index contributed by atoms with van der Waals surface area (Å²) in [5.41, 5.74) is 1.22.